The third kappa shape index (κ3) is 2.89. The van der Waals surface area contributed by atoms with Crippen LogP contribution in [0.1, 0.15) is 23.7 Å². The van der Waals surface area contributed by atoms with Crippen molar-refractivity contribution in [2.45, 2.75) is 18.9 Å². The molecule has 1 aromatic rings. The monoisotopic (exact) mass is 208 g/mol. The van der Waals surface area contributed by atoms with Crippen molar-refractivity contribution < 1.29 is 19.8 Å². The van der Waals surface area contributed by atoms with Crippen molar-refractivity contribution in [3.05, 3.63) is 35.4 Å². The van der Waals surface area contributed by atoms with Gasteiger partial charge in [-0.15, -0.1) is 0 Å². The third-order valence-corrected chi connectivity index (χ3v) is 2.12. The highest BCUT2D eigenvalue weighted by molar-refractivity contribution is 5.74. The number of rotatable bonds is 5. The molecule has 2 N–H and O–H groups in total. The highest BCUT2D eigenvalue weighted by Crippen LogP contribution is 2.19. The van der Waals surface area contributed by atoms with Gasteiger partial charge in [0.25, 0.3) is 0 Å². The van der Waals surface area contributed by atoms with Crippen LogP contribution in [0.2, 0.25) is 0 Å². The Kier molecular flexibility index (Phi) is 4.00. The van der Waals surface area contributed by atoms with E-state index in [9.17, 15) is 14.7 Å². The molecule has 0 saturated heterocycles. The fourth-order valence-corrected chi connectivity index (χ4v) is 1.38. The van der Waals surface area contributed by atoms with Gasteiger partial charge in [0.05, 0.1) is 0 Å². The quantitative estimate of drug-likeness (QED) is 0.706. The Morgan fingerprint density at radius 2 is 2.07 bits per heavy atom. The van der Waals surface area contributed by atoms with Gasteiger partial charge in [-0.2, -0.15) is 0 Å². The van der Waals surface area contributed by atoms with Gasteiger partial charge in [-0.3, -0.25) is 0 Å². The number of aliphatic hydroxyl groups is 1. The van der Waals surface area contributed by atoms with Crippen LogP contribution in [0.3, 0.4) is 0 Å². The highest BCUT2D eigenvalue weighted by Gasteiger charge is 2.18. The number of aldehydes is 1. The lowest BCUT2D eigenvalue weighted by atomic mass is 9.99. The second kappa shape index (κ2) is 5.26. The largest absolute Gasteiger partial charge is 0.479 e. The van der Waals surface area contributed by atoms with Crippen LogP contribution in [0.4, 0.5) is 0 Å². The second-order valence-electron chi connectivity index (χ2n) is 3.14. The molecule has 1 unspecified atom stereocenters. The molecular formula is C11H12O4. The lowest BCUT2D eigenvalue weighted by Gasteiger charge is -2.10. The van der Waals surface area contributed by atoms with E-state index in [0.717, 1.165) is 6.29 Å². The predicted octanol–water partition coefficient (Wildman–Crippen LogP) is 0.936. The molecular weight excluding hydrogens is 196 g/mol. The van der Waals surface area contributed by atoms with E-state index in [4.69, 9.17) is 5.11 Å². The molecule has 0 heterocycles. The summed E-state index contributed by atoms with van der Waals surface area (Å²) in [6.07, 6.45) is 0.0185. The summed E-state index contributed by atoms with van der Waals surface area (Å²) < 4.78 is 0. The molecule has 0 bridgehead atoms. The number of carboxylic acids is 1. The van der Waals surface area contributed by atoms with Crippen LogP contribution in [0.5, 0.6) is 0 Å². The molecule has 0 saturated carbocycles. The first-order valence-corrected chi connectivity index (χ1v) is 4.59. The lowest BCUT2D eigenvalue weighted by molar-refractivity contribution is -0.147. The van der Waals surface area contributed by atoms with Crippen molar-refractivity contribution in [1.29, 1.82) is 0 Å². The fourth-order valence-electron chi connectivity index (χ4n) is 1.38. The number of hydrogen-bond acceptors (Lipinski definition) is 3. The van der Waals surface area contributed by atoms with Crippen LogP contribution in [0, 0.1) is 0 Å². The van der Waals surface area contributed by atoms with Crippen molar-refractivity contribution in [3.8, 4) is 0 Å². The average molecular weight is 208 g/mol. The zero-order valence-electron chi connectivity index (χ0n) is 8.09. The zero-order chi connectivity index (χ0) is 11.3. The van der Waals surface area contributed by atoms with Gasteiger partial charge in [0.1, 0.15) is 6.29 Å². The topological polar surface area (TPSA) is 74.6 Å². The summed E-state index contributed by atoms with van der Waals surface area (Å²) in [7, 11) is 0. The minimum Gasteiger partial charge on any atom is -0.479 e. The molecule has 4 heteroatoms. The zero-order valence-corrected chi connectivity index (χ0v) is 8.09. The molecule has 0 spiro atoms. The Balaban J connectivity index is 2.94. The molecule has 0 aliphatic rings. The smallest absolute Gasteiger partial charge is 0.337 e. The van der Waals surface area contributed by atoms with Gasteiger partial charge in [-0.05, 0) is 17.5 Å². The van der Waals surface area contributed by atoms with Crippen LogP contribution in [-0.2, 0) is 16.0 Å². The molecule has 0 aromatic heterocycles. The van der Waals surface area contributed by atoms with E-state index in [2.05, 4.69) is 0 Å². The van der Waals surface area contributed by atoms with Crippen molar-refractivity contribution in [1.82, 2.24) is 0 Å². The summed E-state index contributed by atoms with van der Waals surface area (Å²) in [5.41, 5.74) is 1.05. The first kappa shape index (κ1) is 11.4. The Morgan fingerprint density at radius 3 is 2.67 bits per heavy atom. The SMILES string of the molecule is O=CCCc1ccccc1C(O)C(=O)O. The molecule has 0 radical (unpaired) electrons. The summed E-state index contributed by atoms with van der Waals surface area (Å²) in [4.78, 5) is 20.8. The standard InChI is InChI=1S/C11H12O4/c12-7-3-5-8-4-1-2-6-9(8)10(13)11(14)15/h1-2,4,6-7,10,13H,3,5H2,(H,14,15). The van der Waals surface area contributed by atoms with Crippen molar-refractivity contribution in [2.75, 3.05) is 0 Å². The number of carboxylic acid groups (broad SMARTS) is 1. The van der Waals surface area contributed by atoms with Crippen LogP contribution in [0.25, 0.3) is 0 Å². The number of benzene rings is 1. The minimum absolute atomic E-state index is 0.323. The van der Waals surface area contributed by atoms with E-state index in [1.54, 1.807) is 24.3 Å². The molecule has 0 fully saturated rings. The van der Waals surface area contributed by atoms with Gasteiger partial charge < -0.3 is 15.0 Å². The van der Waals surface area contributed by atoms with Crippen LogP contribution in [-0.4, -0.2) is 22.5 Å². The van der Waals surface area contributed by atoms with E-state index in [-0.39, 0.29) is 0 Å². The Morgan fingerprint density at radius 1 is 1.40 bits per heavy atom. The first-order valence-electron chi connectivity index (χ1n) is 4.59. The van der Waals surface area contributed by atoms with Gasteiger partial charge in [-0.1, -0.05) is 24.3 Å². The van der Waals surface area contributed by atoms with Crippen molar-refractivity contribution in [3.63, 3.8) is 0 Å². The van der Waals surface area contributed by atoms with Crippen LogP contribution >= 0.6 is 0 Å². The maximum atomic E-state index is 10.6. The number of aryl methyl sites for hydroxylation is 1. The first-order chi connectivity index (χ1) is 7.16. The number of hydrogen-bond donors (Lipinski definition) is 2. The summed E-state index contributed by atoms with van der Waals surface area (Å²) in [6.45, 7) is 0. The molecule has 0 aliphatic heterocycles. The van der Waals surface area contributed by atoms with Crippen molar-refractivity contribution in [2.24, 2.45) is 0 Å². The van der Waals surface area contributed by atoms with E-state index < -0.39 is 12.1 Å². The van der Waals surface area contributed by atoms with Crippen LogP contribution in [0.15, 0.2) is 24.3 Å². The van der Waals surface area contributed by atoms with Crippen molar-refractivity contribution >= 4 is 12.3 Å². The number of carbonyl (C=O) groups is 2. The third-order valence-electron chi connectivity index (χ3n) is 2.12. The minimum atomic E-state index is -1.52. The Hall–Kier alpha value is -1.68. The van der Waals surface area contributed by atoms with E-state index in [1.807, 2.05) is 0 Å². The number of aliphatic carboxylic acids is 1. The average Bonchev–Trinajstić information content (AvgIpc) is 2.25. The summed E-state index contributed by atoms with van der Waals surface area (Å²) in [6, 6.07) is 6.67. The van der Waals surface area contributed by atoms with Gasteiger partial charge >= 0.3 is 5.97 Å². The molecule has 15 heavy (non-hydrogen) atoms. The van der Waals surface area contributed by atoms with Gasteiger partial charge in [0.2, 0.25) is 0 Å². The lowest BCUT2D eigenvalue weighted by Crippen LogP contribution is -2.12. The molecule has 0 amide bonds. The van der Waals surface area contributed by atoms with E-state index in [1.165, 1.54) is 0 Å². The second-order valence-corrected chi connectivity index (χ2v) is 3.14. The normalized spacial score (nSPS) is 12.1. The molecule has 0 aliphatic carbocycles. The molecule has 80 valence electrons. The Labute approximate surface area is 87.2 Å². The van der Waals surface area contributed by atoms with Gasteiger partial charge in [0, 0.05) is 6.42 Å². The van der Waals surface area contributed by atoms with Crippen LogP contribution < -0.4 is 0 Å². The number of carbonyl (C=O) groups excluding carboxylic acids is 1. The predicted molar refractivity (Wildman–Crippen MR) is 53.4 cm³/mol. The number of aliphatic hydroxyl groups excluding tert-OH is 1. The van der Waals surface area contributed by atoms with E-state index >= 15 is 0 Å². The maximum Gasteiger partial charge on any atom is 0.337 e. The van der Waals surface area contributed by atoms with E-state index in [0.29, 0.717) is 24.0 Å². The fraction of sp³-hybridized carbons (Fsp3) is 0.273. The molecule has 4 nitrogen and oxygen atoms in total. The van der Waals surface area contributed by atoms with Gasteiger partial charge in [0.15, 0.2) is 6.10 Å². The summed E-state index contributed by atoms with van der Waals surface area (Å²) in [5, 5.41) is 18.1. The molecule has 1 aromatic carbocycles. The van der Waals surface area contributed by atoms with Gasteiger partial charge in [-0.25, -0.2) is 4.79 Å². The summed E-state index contributed by atoms with van der Waals surface area (Å²) in [5.74, 6) is -1.28. The molecule has 1 rings (SSSR count). The maximum absolute atomic E-state index is 10.6. The summed E-state index contributed by atoms with van der Waals surface area (Å²) >= 11 is 0. The molecule has 1 atom stereocenters. The highest BCUT2D eigenvalue weighted by atomic mass is 16.4. The Bertz CT molecular complexity index is 359.